The number of anilines is 2. The highest BCUT2D eigenvalue weighted by molar-refractivity contribution is 9.10. The minimum Gasteiger partial charge on any atom is -0.325 e. The van der Waals surface area contributed by atoms with Gasteiger partial charge in [0.2, 0.25) is 11.8 Å². The molecule has 4 nitrogen and oxygen atoms in total. The molecular weight excluding hydrogens is 332 g/mol. The molecule has 21 heavy (non-hydrogen) atoms. The second-order valence-corrected chi connectivity index (χ2v) is 5.41. The van der Waals surface area contributed by atoms with Crippen LogP contribution in [0.4, 0.5) is 11.4 Å². The Morgan fingerprint density at radius 1 is 1.10 bits per heavy atom. The number of hydrogen-bond acceptors (Lipinski definition) is 2. The summed E-state index contributed by atoms with van der Waals surface area (Å²) in [6.07, 6.45) is 0. The van der Waals surface area contributed by atoms with Gasteiger partial charge in [-0.2, -0.15) is 0 Å². The van der Waals surface area contributed by atoms with Crippen molar-refractivity contribution < 1.29 is 9.59 Å². The average Bonchev–Trinajstić information content (AvgIpc) is 2.45. The maximum absolute atomic E-state index is 12.1. The predicted molar refractivity (Wildman–Crippen MR) is 87.2 cm³/mol. The third kappa shape index (κ3) is 4.43. The van der Waals surface area contributed by atoms with Gasteiger partial charge in [0, 0.05) is 22.8 Å². The van der Waals surface area contributed by atoms with Gasteiger partial charge in [-0.25, -0.2) is 0 Å². The molecule has 2 aromatic carbocycles. The van der Waals surface area contributed by atoms with Crippen LogP contribution in [0.1, 0.15) is 6.92 Å². The second-order valence-electron chi connectivity index (χ2n) is 4.50. The summed E-state index contributed by atoms with van der Waals surface area (Å²) in [6, 6.07) is 16.4. The van der Waals surface area contributed by atoms with Gasteiger partial charge in [0.1, 0.15) is 6.54 Å². The molecule has 5 heteroatoms. The van der Waals surface area contributed by atoms with Crippen molar-refractivity contribution in [3.05, 3.63) is 59.1 Å². The van der Waals surface area contributed by atoms with Crippen LogP contribution in [0.2, 0.25) is 0 Å². The molecule has 1 N–H and O–H groups in total. The molecule has 0 spiro atoms. The van der Waals surface area contributed by atoms with Crippen LogP contribution >= 0.6 is 15.9 Å². The quantitative estimate of drug-likeness (QED) is 0.921. The molecule has 0 aromatic heterocycles. The first-order valence-electron chi connectivity index (χ1n) is 6.45. The predicted octanol–water partition coefficient (Wildman–Crippen LogP) is 3.44. The number of halogens is 1. The summed E-state index contributed by atoms with van der Waals surface area (Å²) >= 11 is 3.36. The molecule has 0 atom stereocenters. The van der Waals surface area contributed by atoms with E-state index in [1.165, 1.54) is 11.8 Å². The molecule has 0 unspecified atom stereocenters. The standard InChI is InChI=1S/C16H15BrN2O2/c1-12(20)19(15-9-5-6-13(17)10-15)11-16(21)18-14-7-3-2-4-8-14/h2-10H,11H2,1H3,(H,18,21). The number of carbonyl (C=O) groups excluding carboxylic acids is 2. The number of nitrogens with zero attached hydrogens (tertiary/aromatic N) is 1. The summed E-state index contributed by atoms with van der Waals surface area (Å²) in [4.78, 5) is 25.3. The Morgan fingerprint density at radius 2 is 1.81 bits per heavy atom. The third-order valence-corrected chi connectivity index (χ3v) is 3.35. The van der Waals surface area contributed by atoms with Crippen molar-refractivity contribution in [1.29, 1.82) is 0 Å². The van der Waals surface area contributed by atoms with Gasteiger partial charge in [0.25, 0.3) is 0 Å². The molecule has 0 radical (unpaired) electrons. The Labute approximate surface area is 131 Å². The zero-order chi connectivity index (χ0) is 15.2. The highest BCUT2D eigenvalue weighted by Gasteiger charge is 2.16. The van der Waals surface area contributed by atoms with E-state index < -0.39 is 0 Å². The van der Waals surface area contributed by atoms with Crippen LogP contribution in [-0.4, -0.2) is 18.4 Å². The molecule has 0 saturated carbocycles. The third-order valence-electron chi connectivity index (χ3n) is 2.86. The van der Waals surface area contributed by atoms with Crippen molar-refractivity contribution >= 4 is 39.1 Å². The van der Waals surface area contributed by atoms with Crippen molar-refractivity contribution in [2.24, 2.45) is 0 Å². The van der Waals surface area contributed by atoms with Crippen LogP contribution < -0.4 is 10.2 Å². The van der Waals surface area contributed by atoms with E-state index in [0.717, 1.165) is 4.47 Å². The fourth-order valence-corrected chi connectivity index (χ4v) is 2.28. The summed E-state index contributed by atoms with van der Waals surface area (Å²) < 4.78 is 0.856. The molecule has 0 bridgehead atoms. The van der Waals surface area contributed by atoms with Crippen molar-refractivity contribution in [3.63, 3.8) is 0 Å². The normalized spacial score (nSPS) is 10.0. The molecule has 0 heterocycles. The fraction of sp³-hybridized carbons (Fsp3) is 0.125. The largest absolute Gasteiger partial charge is 0.325 e. The number of hydrogen-bond donors (Lipinski definition) is 1. The second kappa shape index (κ2) is 7.04. The van der Waals surface area contributed by atoms with Gasteiger partial charge in [-0.05, 0) is 30.3 Å². The van der Waals surface area contributed by atoms with Crippen molar-refractivity contribution in [1.82, 2.24) is 0 Å². The van der Waals surface area contributed by atoms with Gasteiger partial charge in [-0.3, -0.25) is 9.59 Å². The molecule has 2 aromatic rings. The van der Waals surface area contributed by atoms with Gasteiger partial charge in [0.15, 0.2) is 0 Å². The molecule has 0 aliphatic rings. The molecule has 2 amide bonds. The summed E-state index contributed by atoms with van der Waals surface area (Å²) in [5, 5.41) is 2.77. The molecular formula is C16H15BrN2O2. The maximum atomic E-state index is 12.1. The Kier molecular flexibility index (Phi) is 5.11. The number of carbonyl (C=O) groups is 2. The van der Waals surface area contributed by atoms with Gasteiger partial charge in [-0.15, -0.1) is 0 Å². The van der Waals surface area contributed by atoms with E-state index in [1.807, 2.05) is 30.3 Å². The molecule has 0 aliphatic carbocycles. The Hall–Kier alpha value is -2.14. The summed E-state index contributed by atoms with van der Waals surface area (Å²) in [7, 11) is 0. The minimum atomic E-state index is -0.239. The number of nitrogens with one attached hydrogen (secondary N) is 1. The van der Waals surface area contributed by atoms with Crippen molar-refractivity contribution in [2.45, 2.75) is 6.92 Å². The topological polar surface area (TPSA) is 49.4 Å². The minimum absolute atomic E-state index is 0.0271. The van der Waals surface area contributed by atoms with Crippen LogP contribution in [0.3, 0.4) is 0 Å². The van der Waals surface area contributed by atoms with E-state index in [-0.39, 0.29) is 18.4 Å². The molecule has 108 valence electrons. The summed E-state index contributed by atoms with van der Waals surface area (Å²) in [5.41, 5.74) is 1.39. The lowest BCUT2D eigenvalue weighted by atomic mass is 10.2. The van der Waals surface area contributed by atoms with E-state index in [0.29, 0.717) is 11.4 Å². The number of benzene rings is 2. The molecule has 0 fully saturated rings. The SMILES string of the molecule is CC(=O)N(CC(=O)Nc1ccccc1)c1cccc(Br)c1. The van der Waals surface area contributed by atoms with Crippen LogP contribution in [0, 0.1) is 0 Å². The van der Waals surface area contributed by atoms with Crippen LogP contribution in [0.15, 0.2) is 59.1 Å². The van der Waals surface area contributed by atoms with E-state index >= 15 is 0 Å². The Balaban J connectivity index is 2.10. The van der Waals surface area contributed by atoms with Crippen LogP contribution in [0.5, 0.6) is 0 Å². The maximum Gasteiger partial charge on any atom is 0.244 e. The van der Waals surface area contributed by atoms with Gasteiger partial charge in [0.05, 0.1) is 0 Å². The highest BCUT2D eigenvalue weighted by Crippen LogP contribution is 2.20. The Morgan fingerprint density at radius 3 is 2.43 bits per heavy atom. The smallest absolute Gasteiger partial charge is 0.244 e. The highest BCUT2D eigenvalue weighted by atomic mass is 79.9. The molecule has 2 rings (SSSR count). The molecule has 0 aliphatic heterocycles. The lowest BCUT2D eigenvalue weighted by Crippen LogP contribution is -2.36. The number of amides is 2. The van der Waals surface area contributed by atoms with Crippen molar-refractivity contribution in [3.8, 4) is 0 Å². The van der Waals surface area contributed by atoms with Crippen LogP contribution in [-0.2, 0) is 9.59 Å². The van der Waals surface area contributed by atoms with E-state index in [1.54, 1.807) is 24.3 Å². The monoisotopic (exact) mass is 346 g/mol. The number of para-hydroxylation sites is 1. The zero-order valence-electron chi connectivity index (χ0n) is 11.5. The summed E-state index contributed by atoms with van der Waals surface area (Å²) in [5.74, 6) is -0.423. The lowest BCUT2D eigenvalue weighted by Gasteiger charge is -2.21. The van der Waals surface area contributed by atoms with Crippen LogP contribution in [0.25, 0.3) is 0 Å². The van der Waals surface area contributed by atoms with E-state index in [2.05, 4.69) is 21.2 Å². The van der Waals surface area contributed by atoms with Gasteiger partial charge >= 0.3 is 0 Å². The zero-order valence-corrected chi connectivity index (χ0v) is 13.1. The average molecular weight is 347 g/mol. The lowest BCUT2D eigenvalue weighted by molar-refractivity contribution is -0.120. The molecule has 0 saturated heterocycles. The van der Waals surface area contributed by atoms with E-state index in [4.69, 9.17) is 0 Å². The van der Waals surface area contributed by atoms with Crippen molar-refractivity contribution in [2.75, 3.05) is 16.8 Å². The first kappa shape index (κ1) is 15.3. The summed E-state index contributed by atoms with van der Waals surface area (Å²) in [6.45, 7) is 1.41. The van der Waals surface area contributed by atoms with Gasteiger partial charge < -0.3 is 10.2 Å². The Bertz CT molecular complexity index is 644. The number of rotatable bonds is 4. The van der Waals surface area contributed by atoms with Gasteiger partial charge in [-0.1, -0.05) is 40.2 Å². The fourth-order valence-electron chi connectivity index (χ4n) is 1.89. The first-order chi connectivity index (χ1) is 10.1. The first-order valence-corrected chi connectivity index (χ1v) is 7.24. The van der Waals surface area contributed by atoms with E-state index in [9.17, 15) is 9.59 Å².